The minimum Gasteiger partial charge on any atom is -0.381 e. The summed E-state index contributed by atoms with van der Waals surface area (Å²) in [6, 6.07) is 24.6. The largest absolute Gasteiger partial charge is 0.421 e. The van der Waals surface area contributed by atoms with Gasteiger partial charge >= 0.3 is 5.95 Å². The molecular formula is C30H35N10+. The molecule has 0 aliphatic carbocycles. The van der Waals surface area contributed by atoms with Crippen LogP contribution in [0.15, 0.2) is 118 Å². The minimum atomic E-state index is -0.0948. The van der Waals surface area contributed by atoms with Crippen molar-refractivity contribution < 1.29 is 4.57 Å². The van der Waals surface area contributed by atoms with E-state index in [1.807, 2.05) is 120 Å². The average Bonchev–Trinajstić information content (AvgIpc) is 3.48. The lowest BCUT2D eigenvalue weighted by molar-refractivity contribution is -0.657. The van der Waals surface area contributed by atoms with Crippen LogP contribution in [0.2, 0.25) is 0 Å². The molecule has 0 saturated carbocycles. The van der Waals surface area contributed by atoms with Crippen LogP contribution < -0.4 is 15.2 Å². The Bertz CT molecular complexity index is 1450. The van der Waals surface area contributed by atoms with Gasteiger partial charge < -0.3 is 20.4 Å². The number of aryl methyl sites for hydroxylation is 2. The van der Waals surface area contributed by atoms with Crippen molar-refractivity contribution in [2.75, 3.05) is 24.7 Å². The Morgan fingerprint density at radius 3 is 1.65 bits per heavy atom. The van der Waals surface area contributed by atoms with Crippen LogP contribution in [-0.4, -0.2) is 34.8 Å². The van der Waals surface area contributed by atoms with E-state index in [2.05, 4.69) is 55.4 Å². The quantitative estimate of drug-likeness (QED) is 0.187. The normalized spacial score (nSPS) is 13.7. The lowest BCUT2D eigenvalue weighted by Crippen LogP contribution is -2.31. The Kier molecular flexibility index (Phi) is 8.15. The van der Waals surface area contributed by atoms with E-state index in [1.165, 1.54) is 11.1 Å². The van der Waals surface area contributed by atoms with Crippen molar-refractivity contribution in [1.29, 1.82) is 0 Å². The molecule has 0 unspecified atom stereocenters. The van der Waals surface area contributed by atoms with E-state index in [0.717, 1.165) is 41.8 Å². The Hall–Kier alpha value is -4.99. The Morgan fingerprint density at radius 1 is 0.675 bits per heavy atom. The molecule has 0 spiro atoms. The second kappa shape index (κ2) is 12.2. The third-order valence-corrected chi connectivity index (χ3v) is 6.69. The van der Waals surface area contributed by atoms with Crippen molar-refractivity contribution in [1.82, 2.24) is 14.4 Å². The summed E-state index contributed by atoms with van der Waals surface area (Å²) in [5.41, 5.74) is 6.15. The topological polar surface area (TPSA) is 88.8 Å². The molecule has 0 saturated heterocycles. The Balaban J connectivity index is 1.07. The van der Waals surface area contributed by atoms with Crippen LogP contribution in [0.25, 0.3) is 0 Å². The first-order valence-electron chi connectivity index (χ1n) is 13.2. The van der Waals surface area contributed by atoms with Gasteiger partial charge in [-0.1, -0.05) is 29.4 Å². The predicted molar refractivity (Wildman–Crippen MR) is 158 cm³/mol. The second-order valence-corrected chi connectivity index (χ2v) is 9.83. The first-order chi connectivity index (χ1) is 19.4. The molecule has 10 nitrogen and oxygen atoms in total. The van der Waals surface area contributed by atoms with Crippen LogP contribution in [-0.2, 0) is 27.2 Å². The first-order valence-corrected chi connectivity index (χ1v) is 13.2. The molecule has 3 aromatic carbocycles. The molecule has 1 aromatic heterocycles. The van der Waals surface area contributed by atoms with Crippen LogP contribution in [0.5, 0.6) is 0 Å². The number of benzene rings is 3. The average molecular weight is 536 g/mol. The summed E-state index contributed by atoms with van der Waals surface area (Å²) in [6.45, 7) is 1.49. The second-order valence-electron chi connectivity index (χ2n) is 9.83. The number of hydrogen-bond donors (Lipinski definition) is 2. The summed E-state index contributed by atoms with van der Waals surface area (Å²) in [7, 11) is 7.87. The van der Waals surface area contributed by atoms with E-state index in [-0.39, 0.29) is 6.29 Å². The van der Waals surface area contributed by atoms with Crippen LogP contribution in [0, 0.1) is 0 Å². The van der Waals surface area contributed by atoms with Crippen molar-refractivity contribution in [2.24, 2.45) is 34.6 Å². The maximum atomic E-state index is 4.43. The van der Waals surface area contributed by atoms with Crippen molar-refractivity contribution in [2.45, 2.75) is 19.4 Å². The number of nitrogens with one attached hydrogen (secondary N) is 2. The highest BCUT2D eigenvalue weighted by atomic mass is 15.5. The lowest BCUT2D eigenvalue weighted by atomic mass is 10.1. The maximum Gasteiger partial charge on any atom is 0.421 e. The van der Waals surface area contributed by atoms with E-state index in [4.69, 9.17) is 0 Å². The van der Waals surface area contributed by atoms with Crippen LogP contribution >= 0.6 is 0 Å². The molecule has 0 radical (unpaired) electrons. The van der Waals surface area contributed by atoms with Gasteiger partial charge in [-0.25, -0.2) is 9.13 Å². The molecular weight excluding hydrogens is 500 g/mol. The molecule has 0 amide bonds. The van der Waals surface area contributed by atoms with E-state index in [1.54, 1.807) is 0 Å². The summed E-state index contributed by atoms with van der Waals surface area (Å²) in [4.78, 5) is 4.03. The first kappa shape index (κ1) is 26.6. The zero-order chi connectivity index (χ0) is 27.9. The van der Waals surface area contributed by atoms with E-state index >= 15 is 0 Å². The molecule has 1 aliphatic heterocycles. The summed E-state index contributed by atoms with van der Waals surface area (Å²) in [6.07, 6.45) is 7.78. The SMILES string of the molecule is CN1C=CN(C)C1/N=N/c1ccc(NCc2ccc(CNc3ccc(/N=N/c4n(C)cc[n+]4C)cc3)cc2)cc1. The molecule has 204 valence electrons. The standard InChI is InChI=1S/C30H34N10/c1-37-17-18-38(2)29(37)35-33-27-13-9-25(10-14-27)31-21-23-5-7-24(8-6-23)22-32-26-11-15-28(16-12-26)34-36-30-39(3)19-20-40(30)4/h5-20,29H,21-22H2,1-4H3,(H,31,35)/p+1. The number of imidazole rings is 1. The molecule has 10 heteroatoms. The van der Waals surface area contributed by atoms with Crippen molar-refractivity contribution >= 4 is 28.7 Å². The highest BCUT2D eigenvalue weighted by Gasteiger charge is 2.19. The zero-order valence-electron chi connectivity index (χ0n) is 23.3. The smallest absolute Gasteiger partial charge is 0.381 e. The summed E-state index contributed by atoms with van der Waals surface area (Å²) >= 11 is 0. The number of azo groups is 2. The highest BCUT2D eigenvalue weighted by Crippen LogP contribution is 2.21. The van der Waals surface area contributed by atoms with Gasteiger partial charge in [0.05, 0.1) is 32.2 Å². The van der Waals surface area contributed by atoms with Gasteiger partial charge in [0.1, 0.15) is 5.69 Å². The number of hydrogen-bond acceptors (Lipinski definition) is 8. The Morgan fingerprint density at radius 2 is 1.18 bits per heavy atom. The van der Waals surface area contributed by atoms with E-state index < -0.39 is 0 Å². The number of rotatable bonds is 10. The summed E-state index contributed by atoms with van der Waals surface area (Å²) < 4.78 is 3.86. The highest BCUT2D eigenvalue weighted by molar-refractivity contribution is 5.52. The lowest BCUT2D eigenvalue weighted by Gasteiger charge is -2.21. The summed E-state index contributed by atoms with van der Waals surface area (Å²) in [5, 5.41) is 24.4. The van der Waals surface area contributed by atoms with Gasteiger partial charge in [-0.2, -0.15) is 5.11 Å². The molecule has 4 aromatic rings. The predicted octanol–water partition coefficient (Wildman–Crippen LogP) is 6.20. The minimum absolute atomic E-state index is 0.0948. The van der Waals surface area contributed by atoms with Crippen LogP contribution in [0.4, 0.5) is 28.7 Å². The zero-order valence-corrected chi connectivity index (χ0v) is 23.3. The van der Waals surface area contributed by atoms with Gasteiger partial charge in [0.15, 0.2) is 0 Å². The maximum absolute atomic E-state index is 4.43. The van der Waals surface area contributed by atoms with Gasteiger partial charge in [-0.3, -0.25) is 0 Å². The molecule has 0 atom stereocenters. The third-order valence-electron chi connectivity index (χ3n) is 6.69. The van der Waals surface area contributed by atoms with Crippen LogP contribution in [0.3, 0.4) is 0 Å². The van der Waals surface area contributed by atoms with Gasteiger partial charge in [0.2, 0.25) is 6.29 Å². The van der Waals surface area contributed by atoms with Crippen molar-refractivity contribution in [3.05, 3.63) is 109 Å². The van der Waals surface area contributed by atoms with E-state index in [9.17, 15) is 0 Å². The molecule has 1 aliphatic rings. The van der Waals surface area contributed by atoms with Gasteiger partial charge in [-0.05, 0) is 59.7 Å². The van der Waals surface area contributed by atoms with Gasteiger partial charge in [-0.15, -0.1) is 5.11 Å². The third kappa shape index (κ3) is 6.71. The number of nitrogens with zero attached hydrogens (tertiary/aromatic N) is 8. The fourth-order valence-corrected chi connectivity index (χ4v) is 4.23. The molecule has 2 N–H and O–H groups in total. The van der Waals surface area contributed by atoms with E-state index in [0.29, 0.717) is 0 Å². The fourth-order valence-electron chi connectivity index (χ4n) is 4.23. The molecule has 40 heavy (non-hydrogen) atoms. The monoisotopic (exact) mass is 535 g/mol. The van der Waals surface area contributed by atoms with Gasteiger partial charge in [0.25, 0.3) is 0 Å². The molecule has 5 rings (SSSR count). The Labute approximate surface area is 235 Å². The van der Waals surface area contributed by atoms with Crippen LogP contribution in [0.1, 0.15) is 11.1 Å². The number of anilines is 2. The molecule has 0 fully saturated rings. The van der Waals surface area contributed by atoms with Gasteiger partial charge in [0, 0.05) is 56.1 Å². The summed E-state index contributed by atoms with van der Waals surface area (Å²) in [5.74, 6) is 0.788. The number of aromatic nitrogens is 2. The van der Waals surface area contributed by atoms with Crippen molar-refractivity contribution in [3.63, 3.8) is 0 Å². The molecule has 2 heterocycles. The van der Waals surface area contributed by atoms with Crippen molar-refractivity contribution in [3.8, 4) is 0 Å². The fraction of sp³-hybridized carbons (Fsp3) is 0.233. The molecule has 0 bridgehead atoms.